The smallest absolute Gasteiger partial charge is 0.124 e. The van der Waals surface area contributed by atoms with Crippen LogP contribution in [0, 0.1) is 0 Å². The van der Waals surface area contributed by atoms with Gasteiger partial charge < -0.3 is 9.47 Å². The van der Waals surface area contributed by atoms with Gasteiger partial charge >= 0.3 is 0 Å². The molecule has 3 heteroatoms. The van der Waals surface area contributed by atoms with Crippen molar-refractivity contribution in [3.8, 4) is 5.75 Å². The quantitative estimate of drug-likeness (QED) is 0.771. The van der Waals surface area contributed by atoms with Gasteiger partial charge in [0, 0.05) is 22.1 Å². The van der Waals surface area contributed by atoms with Gasteiger partial charge in [0.2, 0.25) is 0 Å². The minimum Gasteiger partial charge on any atom is -0.493 e. The van der Waals surface area contributed by atoms with Crippen LogP contribution < -0.4 is 4.74 Å². The predicted molar refractivity (Wildman–Crippen MR) is 77.3 cm³/mol. The van der Waals surface area contributed by atoms with Crippen molar-refractivity contribution in [3.05, 3.63) is 28.2 Å². The summed E-state index contributed by atoms with van der Waals surface area (Å²) in [5, 5.41) is 0. The number of benzene rings is 1. The third-order valence-electron chi connectivity index (χ3n) is 3.49. The molecular weight excluding hydrogens is 292 g/mol. The summed E-state index contributed by atoms with van der Waals surface area (Å²) in [5.74, 6) is 1.00. The molecule has 0 radical (unpaired) electrons. The van der Waals surface area contributed by atoms with E-state index in [4.69, 9.17) is 9.47 Å². The Labute approximate surface area is 118 Å². The van der Waals surface area contributed by atoms with Gasteiger partial charge in [-0.05, 0) is 31.4 Å². The van der Waals surface area contributed by atoms with E-state index >= 15 is 0 Å². The minimum atomic E-state index is 0.0711. The molecule has 1 heterocycles. The molecule has 0 saturated heterocycles. The fourth-order valence-corrected chi connectivity index (χ4v) is 2.83. The Morgan fingerprint density at radius 2 is 2.28 bits per heavy atom. The molecule has 0 aromatic heterocycles. The second kappa shape index (κ2) is 6.07. The van der Waals surface area contributed by atoms with Crippen LogP contribution in [0.1, 0.15) is 38.7 Å². The van der Waals surface area contributed by atoms with Gasteiger partial charge in [-0.25, -0.2) is 0 Å². The van der Waals surface area contributed by atoms with E-state index < -0.39 is 0 Å². The van der Waals surface area contributed by atoms with Crippen molar-refractivity contribution in [2.45, 2.75) is 38.5 Å². The molecule has 0 saturated carbocycles. The highest BCUT2D eigenvalue weighted by Crippen LogP contribution is 2.39. The third-order valence-corrected chi connectivity index (χ3v) is 3.99. The highest BCUT2D eigenvalue weighted by molar-refractivity contribution is 9.10. The average molecular weight is 313 g/mol. The van der Waals surface area contributed by atoms with Crippen molar-refractivity contribution in [1.82, 2.24) is 0 Å². The second-order valence-corrected chi connectivity index (χ2v) is 6.12. The Kier molecular flexibility index (Phi) is 4.68. The van der Waals surface area contributed by atoms with Crippen LogP contribution in [0.15, 0.2) is 22.7 Å². The maximum Gasteiger partial charge on any atom is 0.124 e. The van der Waals surface area contributed by atoms with Gasteiger partial charge in [-0.1, -0.05) is 35.8 Å². The first kappa shape index (κ1) is 13.9. The van der Waals surface area contributed by atoms with E-state index in [1.54, 1.807) is 0 Å². The van der Waals surface area contributed by atoms with Gasteiger partial charge in [0.1, 0.15) is 5.75 Å². The number of fused-ring (bicyclic) bond motifs is 1. The molecule has 1 atom stereocenters. The fraction of sp³-hybridized carbons (Fsp3) is 0.600. The van der Waals surface area contributed by atoms with E-state index in [1.807, 2.05) is 0 Å². The zero-order valence-electron chi connectivity index (χ0n) is 11.2. The van der Waals surface area contributed by atoms with Gasteiger partial charge in [0.25, 0.3) is 0 Å². The van der Waals surface area contributed by atoms with E-state index in [0.717, 1.165) is 49.3 Å². The van der Waals surface area contributed by atoms with Crippen LogP contribution in [-0.2, 0) is 10.2 Å². The molecule has 0 amide bonds. The summed E-state index contributed by atoms with van der Waals surface area (Å²) < 4.78 is 12.7. The molecule has 2 nitrogen and oxygen atoms in total. The SMILES string of the molecule is CCCOCC1(C)CCCOc2cc(Br)ccc21. The zero-order chi connectivity index (χ0) is 13.0. The molecule has 1 aromatic carbocycles. The second-order valence-electron chi connectivity index (χ2n) is 5.21. The van der Waals surface area contributed by atoms with Gasteiger partial charge in [0.05, 0.1) is 13.2 Å². The lowest BCUT2D eigenvalue weighted by Crippen LogP contribution is -2.28. The number of hydrogen-bond donors (Lipinski definition) is 0. The van der Waals surface area contributed by atoms with Gasteiger partial charge in [-0.3, -0.25) is 0 Å². The van der Waals surface area contributed by atoms with E-state index in [2.05, 4.69) is 48.0 Å². The molecule has 0 N–H and O–H groups in total. The van der Waals surface area contributed by atoms with Gasteiger partial charge in [-0.2, -0.15) is 0 Å². The van der Waals surface area contributed by atoms with E-state index in [0.29, 0.717) is 0 Å². The van der Waals surface area contributed by atoms with E-state index in [-0.39, 0.29) is 5.41 Å². The average Bonchev–Trinajstić information content (AvgIpc) is 2.50. The van der Waals surface area contributed by atoms with Crippen molar-refractivity contribution in [3.63, 3.8) is 0 Å². The Bertz CT molecular complexity index is 405. The molecular formula is C15H21BrO2. The summed E-state index contributed by atoms with van der Waals surface area (Å²) in [6.45, 7) is 6.83. The molecule has 100 valence electrons. The summed E-state index contributed by atoms with van der Waals surface area (Å²) >= 11 is 3.51. The van der Waals surface area contributed by atoms with Crippen LogP contribution in [0.5, 0.6) is 5.75 Å². The number of halogens is 1. The van der Waals surface area contributed by atoms with Crippen molar-refractivity contribution >= 4 is 15.9 Å². The summed E-state index contributed by atoms with van der Waals surface area (Å²) in [4.78, 5) is 0. The van der Waals surface area contributed by atoms with Crippen LogP contribution in [0.2, 0.25) is 0 Å². The normalized spacial score (nSPS) is 23.1. The monoisotopic (exact) mass is 312 g/mol. The fourth-order valence-electron chi connectivity index (χ4n) is 2.49. The Balaban J connectivity index is 2.25. The molecule has 0 aliphatic carbocycles. The van der Waals surface area contributed by atoms with Crippen LogP contribution in [-0.4, -0.2) is 19.8 Å². The summed E-state index contributed by atoms with van der Waals surface area (Å²) in [6.07, 6.45) is 3.27. The molecule has 1 aliphatic rings. The highest BCUT2D eigenvalue weighted by Gasteiger charge is 2.32. The first-order valence-electron chi connectivity index (χ1n) is 6.66. The maximum atomic E-state index is 5.85. The lowest BCUT2D eigenvalue weighted by molar-refractivity contribution is 0.0853. The summed E-state index contributed by atoms with van der Waals surface area (Å²) in [7, 11) is 0. The lowest BCUT2D eigenvalue weighted by atomic mass is 9.79. The molecule has 0 spiro atoms. The Morgan fingerprint density at radius 1 is 1.44 bits per heavy atom. The van der Waals surface area contributed by atoms with Crippen molar-refractivity contribution in [1.29, 1.82) is 0 Å². The summed E-state index contributed by atoms with van der Waals surface area (Å²) in [5.41, 5.74) is 1.35. The minimum absolute atomic E-state index is 0.0711. The van der Waals surface area contributed by atoms with Crippen molar-refractivity contribution in [2.75, 3.05) is 19.8 Å². The molecule has 1 aliphatic heterocycles. The van der Waals surface area contributed by atoms with Crippen molar-refractivity contribution < 1.29 is 9.47 Å². The summed E-state index contributed by atoms with van der Waals surface area (Å²) in [6, 6.07) is 6.32. The highest BCUT2D eigenvalue weighted by atomic mass is 79.9. The number of rotatable bonds is 4. The lowest BCUT2D eigenvalue weighted by Gasteiger charge is -2.29. The Morgan fingerprint density at radius 3 is 3.06 bits per heavy atom. The zero-order valence-corrected chi connectivity index (χ0v) is 12.8. The molecule has 1 aromatic rings. The van der Waals surface area contributed by atoms with Crippen LogP contribution >= 0.6 is 15.9 Å². The standard InChI is InChI=1S/C15H21BrO2/c1-3-8-17-11-15(2)7-4-9-18-14-10-12(16)5-6-13(14)15/h5-6,10H,3-4,7-9,11H2,1-2H3. The van der Waals surface area contributed by atoms with Crippen LogP contribution in [0.25, 0.3) is 0 Å². The maximum absolute atomic E-state index is 5.85. The third kappa shape index (κ3) is 3.07. The first-order chi connectivity index (χ1) is 8.65. The van der Waals surface area contributed by atoms with Gasteiger partial charge in [0.15, 0.2) is 0 Å². The topological polar surface area (TPSA) is 18.5 Å². The van der Waals surface area contributed by atoms with Crippen LogP contribution in [0.4, 0.5) is 0 Å². The molecule has 1 unspecified atom stereocenters. The van der Waals surface area contributed by atoms with Gasteiger partial charge in [-0.15, -0.1) is 0 Å². The molecule has 0 fully saturated rings. The first-order valence-corrected chi connectivity index (χ1v) is 7.45. The largest absolute Gasteiger partial charge is 0.493 e. The van der Waals surface area contributed by atoms with E-state index in [1.165, 1.54) is 5.56 Å². The van der Waals surface area contributed by atoms with Crippen molar-refractivity contribution in [2.24, 2.45) is 0 Å². The predicted octanol–water partition coefficient (Wildman–Crippen LogP) is 4.31. The van der Waals surface area contributed by atoms with E-state index in [9.17, 15) is 0 Å². The molecule has 2 rings (SSSR count). The molecule has 18 heavy (non-hydrogen) atoms. The van der Waals surface area contributed by atoms with Crippen LogP contribution in [0.3, 0.4) is 0 Å². The molecule has 0 bridgehead atoms. The number of ether oxygens (including phenoxy) is 2. The Hall–Kier alpha value is -0.540. The number of hydrogen-bond acceptors (Lipinski definition) is 2.